The number of aliphatic imine (C=N–C) groups is 1. The van der Waals surface area contributed by atoms with Gasteiger partial charge in [0.2, 0.25) is 0 Å². The zero-order chi connectivity index (χ0) is 25.6. The third-order valence-electron chi connectivity index (χ3n) is 6.88. The zero-order valence-corrected chi connectivity index (χ0v) is 22.1. The first-order valence-electron chi connectivity index (χ1n) is 13.1. The average molecular weight is 517 g/mol. The van der Waals surface area contributed by atoms with Gasteiger partial charge in [0.05, 0.1) is 11.4 Å². The highest BCUT2D eigenvalue weighted by atomic mass is 32.2. The standard InChI is InChI=1S/C30H33FN4OS/c1-2-8-25-23-9-3-6-12-28(23)37-29-14-13-22(21-26(29)33-25)30(36)32-15-7-16-34-17-19-35(20-18-34)27-11-5-4-10-24(27)31/h3-6,9-14,21H,2,7-8,15-20H2,1H3,(H,32,36). The summed E-state index contributed by atoms with van der Waals surface area (Å²) in [5.74, 6) is -0.224. The Bertz CT molecular complexity index is 1290. The normalized spacial score (nSPS) is 15.4. The quantitative estimate of drug-likeness (QED) is 0.365. The predicted molar refractivity (Wildman–Crippen MR) is 150 cm³/mol. The molecule has 0 unspecified atom stereocenters. The van der Waals surface area contributed by atoms with Crippen LogP contribution in [0.4, 0.5) is 15.8 Å². The first-order chi connectivity index (χ1) is 18.1. The van der Waals surface area contributed by atoms with E-state index in [9.17, 15) is 9.18 Å². The van der Waals surface area contributed by atoms with Crippen LogP contribution in [0.15, 0.2) is 81.5 Å². The maximum atomic E-state index is 14.1. The number of carbonyl (C=O) groups is 1. The van der Waals surface area contributed by atoms with Crippen molar-refractivity contribution >= 4 is 34.8 Å². The smallest absolute Gasteiger partial charge is 0.251 e. The topological polar surface area (TPSA) is 47.9 Å². The van der Waals surface area contributed by atoms with Crippen molar-refractivity contribution in [2.24, 2.45) is 4.99 Å². The third-order valence-corrected chi connectivity index (χ3v) is 8.02. The summed E-state index contributed by atoms with van der Waals surface area (Å²) in [7, 11) is 0. The molecule has 2 aliphatic heterocycles. The lowest BCUT2D eigenvalue weighted by Crippen LogP contribution is -2.47. The van der Waals surface area contributed by atoms with Crippen LogP contribution in [0.2, 0.25) is 0 Å². The second kappa shape index (κ2) is 11.9. The lowest BCUT2D eigenvalue weighted by Gasteiger charge is -2.36. The van der Waals surface area contributed by atoms with Gasteiger partial charge in [-0.25, -0.2) is 4.39 Å². The molecule has 3 aromatic rings. The minimum atomic E-state index is -0.160. The molecule has 7 heteroatoms. The molecule has 2 heterocycles. The number of hydrogen-bond acceptors (Lipinski definition) is 5. The molecule has 0 atom stereocenters. The molecule has 1 amide bonds. The van der Waals surface area contributed by atoms with Crippen molar-refractivity contribution in [3.05, 3.63) is 83.7 Å². The molecule has 1 saturated heterocycles. The van der Waals surface area contributed by atoms with Crippen LogP contribution in [0.3, 0.4) is 0 Å². The van der Waals surface area contributed by atoms with Crippen molar-refractivity contribution in [2.45, 2.75) is 36.0 Å². The van der Waals surface area contributed by atoms with Gasteiger partial charge in [-0.05, 0) is 55.8 Å². The first kappa shape index (κ1) is 25.5. The molecule has 1 N–H and O–H groups in total. The lowest BCUT2D eigenvalue weighted by atomic mass is 10.1. The highest BCUT2D eigenvalue weighted by Crippen LogP contribution is 2.41. The monoisotopic (exact) mass is 516 g/mol. The number of anilines is 1. The number of hydrogen-bond donors (Lipinski definition) is 1. The number of rotatable bonds is 8. The zero-order valence-electron chi connectivity index (χ0n) is 21.3. The van der Waals surface area contributed by atoms with E-state index in [-0.39, 0.29) is 11.7 Å². The fraction of sp³-hybridized carbons (Fsp3) is 0.333. The maximum absolute atomic E-state index is 14.1. The van der Waals surface area contributed by atoms with Crippen LogP contribution >= 0.6 is 11.8 Å². The summed E-state index contributed by atoms with van der Waals surface area (Å²) in [5.41, 5.74) is 4.46. The molecule has 192 valence electrons. The fourth-order valence-electron chi connectivity index (χ4n) is 4.91. The average Bonchev–Trinajstić information content (AvgIpc) is 3.08. The second-order valence-electron chi connectivity index (χ2n) is 9.48. The highest BCUT2D eigenvalue weighted by molar-refractivity contribution is 7.99. The van der Waals surface area contributed by atoms with Crippen LogP contribution in [0, 0.1) is 5.82 Å². The summed E-state index contributed by atoms with van der Waals surface area (Å²) in [6, 6.07) is 21.2. The van der Waals surface area contributed by atoms with E-state index in [1.54, 1.807) is 17.8 Å². The van der Waals surface area contributed by atoms with Gasteiger partial charge in [-0.2, -0.15) is 0 Å². The van der Waals surface area contributed by atoms with Crippen LogP contribution in [0.5, 0.6) is 0 Å². The van der Waals surface area contributed by atoms with Crippen molar-refractivity contribution in [3.8, 4) is 0 Å². The summed E-state index contributed by atoms with van der Waals surface area (Å²) < 4.78 is 14.1. The molecule has 37 heavy (non-hydrogen) atoms. The van der Waals surface area contributed by atoms with Gasteiger partial charge in [-0.3, -0.25) is 14.7 Å². The Hall–Kier alpha value is -3.16. The van der Waals surface area contributed by atoms with Crippen molar-refractivity contribution in [1.82, 2.24) is 10.2 Å². The second-order valence-corrected chi connectivity index (χ2v) is 10.6. The largest absolute Gasteiger partial charge is 0.367 e. The Morgan fingerprint density at radius 3 is 2.59 bits per heavy atom. The van der Waals surface area contributed by atoms with E-state index in [0.717, 1.165) is 68.3 Å². The molecule has 0 saturated carbocycles. The van der Waals surface area contributed by atoms with Gasteiger partial charge < -0.3 is 10.2 Å². The number of carbonyl (C=O) groups excluding carboxylic acids is 1. The van der Waals surface area contributed by atoms with Crippen LogP contribution in [0.25, 0.3) is 0 Å². The third kappa shape index (κ3) is 6.05. The van der Waals surface area contributed by atoms with E-state index in [1.807, 2.05) is 30.3 Å². The molecule has 5 rings (SSSR count). The van der Waals surface area contributed by atoms with Crippen molar-refractivity contribution in [2.75, 3.05) is 44.2 Å². The van der Waals surface area contributed by atoms with Gasteiger partial charge in [0, 0.05) is 59.4 Å². The fourth-order valence-corrected chi connectivity index (χ4v) is 5.93. The van der Waals surface area contributed by atoms with E-state index < -0.39 is 0 Å². The lowest BCUT2D eigenvalue weighted by molar-refractivity contribution is 0.0951. The Morgan fingerprint density at radius 1 is 1.00 bits per heavy atom. The molecule has 0 bridgehead atoms. The van der Waals surface area contributed by atoms with Gasteiger partial charge in [-0.1, -0.05) is 55.4 Å². The van der Waals surface area contributed by atoms with Gasteiger partial charge in [-0.15, -0.1) is 0 Å². The van der Waals surface area contributed by atoms with Crippen molar-refractivity contribution in [3.63, 3.8) is 0 Å². The van der Waals surface area contributed by atoms with E-state index in [2.05, 4.69) is 46.3 Å². The number of nitrogens with one attached hydrogen (secondary N) is 1. The summed E-state index contributed by atoms with van der Waals surface area (Å²) in [4.78, 5) is 24.7. The molecule has 0 aliphatic carbocycles. The van der Waals surface area contributed by atoms with Crippen molar-refractivity contribution in [1.29, 1.82) is 0 Å². The Balaban J connectivity index is 1.13. The van der Waals surface area contributed by atoms with Gasteiger partial charge >= 0.3 is 0 Å². The molecule has 2 aliphatic rings. The molecule has 5 nitrogen and oxygen atoms in total. The Labute approximate surface area is 222 Å². The number of nitrogens with zero attached hydrogens (tertiary/aromatic N) is 3. The molecule has 0 spiro atoms. The molecule has 0 radical (unpaired) electrons. The number of halogens is 1. The summed E-state index contributed by atoms with van der Waals surface area (Å²) in [6.45, 7) is 7.10. The maximum Gasteiger partial charge on any atom is 0.251 e. The number of amides is 1. The van der Waals surface area contributed by atoms with E-state index in [4.69, 9.17) is 4.99 Å². The highest BCUT2D eigenvalue weighted by Gasteiger charge is 2.20. The SMILES string of the molecule is CCCC1=Nc2cc(C(=O)NCCCN3CCN(c4ccccc4F)CC3)ccc2Sc2ccccc21. The van der Waals surface area contributed by atoms with Crippen molar-refractivity contribution < 1.29 is 9.18 Å². The number of benzene rings is 3. The summed E-state index contributed by atoms with van der Waals surface area (Å²) in [6.07, 6.45) is 2.80. The Morgan fingerprint density at radius 2 is 1.78 bits per heavy atom. The van der Waals surface area contributed by atoms with Gasteiger partial charge in [0.15, 0.2) is 0 Å². The number of para-hydroxylation sites is 1. The minimum absolute atomic E-state index is 0.0637. The molecule has 0 aromatic heterocycles. The van der Waals surface area contributed by atoms with E-state index in [1.165, 1.54) is 16.5 Å². The number of fused-ring (bicyclic) bond motifs is 2. The van der Waals surface area contributed by atoms with Crippen LogP contribution in [-0.4, -0.2) is 55.8 Å². The van der Waals surface area contributed by atoms with E-state index in [0.29, 0.717) is 17.8 Å². The van der Waals surface area contributed by atoms with Crippen LogP contribution < -0.4 is 10.2 Å². The molecule has 1 fully saturated rings. The first-order valence-corrected chi connectivity index (χ1v) is 13.9. The van der Waals surface area contributed by atoms with Crippen LogP contribution in [-0.2, 0) is 0 Å². The summed E-state index contributed by atoms with van der Waals surface area (Å²) in [5, 5.41) is 3.08. The van der Waals surface area contributed by atoms with Gasteiger partial charge in [0.1, 0.15) is 5.82 Å². The minimum Gasteiger partial charge on any atom is -0.367 e. The predicted octanol–water partition coefficient (Wildman–Crippen LogP) is 6.15. The molecular formula is C30H33FN4OS. The molecular weight excluding hydrogens is 483 g/mol. The molecule has 3 aromatic carbocycles. The van der Waals surface area contributed by atoms with Gasteiger partial charge in [0.25, 0.3) is 5.91 Å². The van der Waals surface area contributed by atoms with Crippen LogP contribution in [0.1, 0.15) is 42.1 Å². The Kier molecular flexibility index (Phi) is 8.21. The number of piperazine rings is 1. The summed E-state index contributed by atoms with van der Waals surface area (Å²) >= 11 is 1.71. The van der Waals surface area contributed by atoms with E-state index >= 15 is 0 Å².